The number of carbonyl (C=O) groups is 1. The van der Waals surface area contributed by atoms with Crippen LogP contribution in [0.4, 0.5) is 5.69 Å². The molecule has 1 heterocycles. The van der Waals surface area contributed by atoms with Gasteiger partial charge in [0.2, 0.25) is 5.91 Å². The molecule has 2 rings (SSSR count). The molecule has 0 fully saturated rings. The van der Waals surface area contributed by atoms with E-state index < -0.39 is 0 Å². The number of carbonyl (C=O) groups excluding carboxylic acids is 1. The van der Waals surface area contributed by atoms with Gasteiger partial charge in [-0.05, 0) is 56.1 Å². The number of anilines is 1. The van der Waals surface area contributed by atoms with Crippen LogP contribution in [0.3, 0.4) is 0 Å². The first-order valence-corrected chi connectivity index (χ1v) is 8.55. The van der Waals surface area contributed by atoms with Crippen LogP contribution >= 0.6 is 22.9 Å². The molecule has 4 nitrogen and oxygen atoms in total. The van der Waals surface area contributed by atoms with Crippen LogP contribution < -0.4 is 10.1 Å². The fraction of sp³-hybridized carbons (Fsp3) is 0.353. The molecule has 0 aliphatic heterocycles. The van der Waals surface area contributed by atoms with E-state index in [1.807, 2.05) is 18.9 Å². The zero-order chi connectivity index (χ0) is 17.0. The summed E-state index contributed by atoms with van der Waals surface area (Å²) in [6, 6.07) is 6.97. The van der Waals surface area contributed by atoms with Gasteiger partial charge in [0.1, 0.15) is 5.75 Å². The summed E-state index contributed by atoms with van der Waals surface area (Å²) in [5, 5.41) is 5.51. The van der Waals surface area contributed by atoms with Crippen LogP contribution in [0.15, 0.2) is 29.6 Å². The summed E-state index contributed by atoms with van der Waals surface area (Å²) in [7, 11) is 3.51. The second-order valence-electron chi connectivity index (χ2n) is 5.45. The Hall–Kier alpha value is -1.56. The van der Waals surface area contributed by atoms with E-state index in [1.165, 1.54) is 10.4 Å². The lowest BCUT2D eigenvalue weighted by Gasteiger charge is -2.24. The zero-order valence-electron chi connectivity index (χ0n) is 13.7. The van der Waals surface area contributed by atoms with Gasteiger partial charge in [-0.2, -0.15) is 0 Å². The lowest BCUT2D eigenvalue weighted by atomic mass is 10.2. The molecule has 0 aliphatic rings. The van der Waals surface area contributed by atoms with E-state index in [0.717, 1.165) is 6.54 Å². The van der Waals surface area contributed by atoms with Crippen LogP contribution in [-0.2, 0) is 11.3 Å². The number of amides is 1. The Morgan fingerprint density at radius 2 is 2.17 bits per heavy atom. The Labute approximate surface area is 146 Å². The summed E-state index contributed by atoms with van der Waals surface area (Å²) in [5.41, 5.74) is 1.84. The number of ether oxygens (including phenoxy) is 1. The molecule has 0 aliphatic carbocycles. The van der Waals surface area contributed by atoms with E-state index >= 15 is 0 Å². The standard InChI is InChI=1S/C17H21ClN2O2S/c1-11-7-8-23-16(11)10-20(3)12(2)17(21)19-14-9-13(18)5-6-15(14)22-4/h5-9,12H,10H2,1-4H3,(H,19,21)/t12-/m1/s1. The number of nitrogens with zero attached hydrogens (tertiary/aromatic N) is 1. The number of hydrogen-bond acceptors (Lipinski definition) is 4. The third-order valence-corrected chi connectivity index (χ3v) is 5.06. The smallest absolute Gasteiger partial charge is 0.241 e. The van der Waals surface area contributed by atoms with E-state index in [-0.39, 0.29) is 11.9 Å². The van der Waals surface area contributed by atoms with Gasteiger partial charge in [0.05, 0.1) is 18.8 Å². The second-order valence-corrected chi connectivity index (χ2v) is 6.89. The maximum absolute atomic E-state index is 12.5. The molecule has 124 valence electrons. The number of likely N-dealkylation sites (N-methyl/N-ethyl adjacent to an activating group) is 1. The Bertz CT molecular complexity index is 687. The first-order valence-electron chi connectivity index (χ1n) is 7.30. The van der Waals surface area contributed by atoms with Crippen LogP contribution in [0.5, 0.6) is 5.75 Å². The minimum atomic E-state index is -0.278. The largest absolute Gasteiger partial charge is 0.495 e. The molecule has 23 heavy (non-hydrogen) atoms. The molecule has 6 heteroatoms. The maximum Gasteiger partial charge on any atom is 0.241 e. The first-order chi connectivity index (χ1) is 10.9. The van der Waals surface area contributed by atoms with Crippen molar-refractivity contribution < 1.29 is 9.53 Å². The highest BCUT2D eigenvalue weighted by atomic mass is 35.5. The quantitative estimate of drug-likeness (QED) is 0.848. The van der Waals surface area contributed by atoms with Crippen molar-refractivity contribution in [2.45, 2.75) is 26.4 Å². The Morgan fingerprint density at radius 1 is 1.43 bits per heavy atom. The molecule has 0 unspecified atom stereocenters. The van der Waals surface area contributed by atoms with Gasteiger partial charge < -0.3 is 10.1 Å². The van der Waals surface area contributed by atoms with Crippen molar-refractivity contribution in [2.75, 3.05) is 19.5 Å². The van der Waals surface area contributed by atoms with Crippen LogP contribution in [0.25, 0.3) is 0 Å². The lowest BCUT2D eigenvalue weighted by molar-refractivity contribution is -0.120. The summed E-state index contributed by atoms with van der Waals surface area (Å²) in [6.45, 7) is 4.71. The van der Waals surface area contributed by atoms with Gasteiger partial charge >= 0.3 is 0 Å². The Kier molecular flexibility index (Phi) is 6.04. The first kappa shape index (κ1) is 17.8. The van der Waals surface area contributed by atoms with Crippen LogP contribution in [0.2, 0.25) is 5.02 Å². The summed E-state index contributed by atoms with van der Waals surface area (Å²) >= 11 is 7.70. The predicted octanol–water partition coefficient (Wildman–Crippen LogP) is 4.18. The molecule has 0 radical (unpaired) electrons. The third kappa shape index (κ3) is 4.47. The zero-order valence-corrected chi connectivity index (χ0v) is 15.3. The van der Waals surface area contributed by atoms with E-state index in [0.29, 0.717) is 16.5 Å². The van der Waals surface area contributed by atoms with E-state index in [1.54, 1.807) is 36.6 Å². The minimum absolute atomic E-state index is 0.0951. The van der Waals surface area contributed by atoms with Crippen LogP contribution in [0, 0.1) is 6.92 Å². The number of aryl methyl sites for hydroxylation is 1. The number of rotatable bonds is 6. The molecule has 1 atom stereocenters. The third-order valence-electron chi connectivity index (χ3n) is 3.82. The topological polar surface area (TPSA) is 41.6 Å². The van der Waals surface area contributed by atoms with Gasteiger partial charge in [-0.25, -0.2) is 0 Å². The van der Waals surface area contributed by atoms with Gasteiger partial charge in [-0.15, -0.1) is 11.3 Å². The van der Waals surface area contributed by atoms with Crippen molar-refractivity contribution in [3.63, 3.8) is 0 Å². The Morgan fingerprint density at radius 3 is 2.78 bits per heavy atom. The van der Waals surface area contributed by atoms with E-state index in [9.17, 15) is 4.79 Å². The summed E-state index contributed by atoms with van der Waals surface area (Å²) in [5.74, 6) is 0.494. The average Bonchev–Trinajstić information content (AvgIpc) is 2.91. The molecule has 1 aromatic carbocycles. The number of hydrogen-bond donors (Lipinski definition) is 1. The molecular formula is C17H21ClN2O2S. The number of nitrogens with one attached hydrogen (secondary N) is 1. The molecule has 2 aromatic rings. The summed E-state index contributed by atoms with van der Waals surface area (Å²) in [6.07, 6.45) is 0. The number of methoxy groups -OCH3 is 1. The Balaban J connectivity index is 2.05. The van der Waals surface area contributed by atoms with Gasteiger partial charge in [0.25, 0.3) is 0 Å². The lowest BCUT2D eigenvalue weighted by Crippen LogP contribution is -2.39. The fourth-order valence-electron chi connectivity index (χ4n) is 2.14. The number of thiophene rings is 1. The summed E-state index contributed by atoms with van der Waals surface area (Å²) in [4.78, 5) is 15.8. The highest BCUT2D eigenvalue weighted by Crippen LogP contribution is 2.28. The van der Waals surface area contributed by atoms with E-state index in [2.05, 4.69) is 23.7 Å². The molecule has 1 aromatic heterocycles. The minimum Gasteiger partial charge on any atom is -0.495 e. The SMILES string of the molecule is COc1ccc(Cl)cc1NC(=O)[C@@H](C)N(C)Cc1sccc1C. The predicted molar refractivity (Wildman–Crippen MR) is 96.6 cm³/mol. The van der Waals surface area contributed by atoms with Crippen molar-refractivity contribution >= 4 is 34.5 Å². The van der Waals surface area contributed by atoms with Gasteiger partial charge in [0, 0.05) is 16.4 Å². The van der Waals surface area contributed by atoms with E-state index in [4.69, 9.17) is 16.3 Å². The molecule has 0 saturated carbocycles. The highest BCUT2D eigenvalue weighted by Gasteiger charge is 2.20. The second kappa shape index (κ2) is 7.81. The molecule has 0 bridgehead atoms. The van der Waals surface area contributed by atoms with Crippen molar-refractivity contribution in [3.8, 4) is 5.75 Å². The van der Waals surface area contributed by atoms with Gasteiger partial charge in [0.15, 0.2) is 0 Å². The van der Waals surface area contributed by atoms with Crippen molar-refractivity contribution in [3.05, 3.63) is 45.1 Å². The maximum atomic E-state index is 12.5. The van der Waals surface area contributed by atoms with Crippen molar-refractivity contribution in [1.29, 1.82) is 0 Å². The molecule has 0 spiro atoms. The van der Waals surface area contributed by atoms with Crippen LogP contribution in [0.1, 0.15) is 17.4 Å². The number of halogens is 1. The van der Waals surface area contributed by atoms with Crippen molar-refractivity contribution in [1.82, 2.24) is 4.90 Å². The van der Waals surface area contributed by atoms with Gasteiger partial charge in [-0.1, -0.05) is 11.6 Å². The van der Waals surface area contributed by atoms with Crippen molar-refractivity contribution in [2.24, 2.45) is 0 Å². The molecule has 0 saturated heterocycles. The summed E-state index contributed by atoms with van der Waals surface area (Å²) < 4.78 is 5.26. The molecule has 1 N–H and O–H groups in total. The molecular weight excluding hydrogens is 332 g/mol. The monoisotopic (exact) mass is 352 g/mol. The normalized spacial score (nSPS) is 12.3. The van der Waals surface area contributed by atoms with Crippen LogP contribution in [-0.4, -0.2) is 31.0 Å². The fourth-order valence-corrected chi connectivity index (χ4v) is 3.29. The highest BCUT2D eigenvalue weighted by molar-refractivity contribution is 7.10. The molecule has 1 amide bonds. The van der Waals surface area contributed by atoms with Gasteiger partial charge in [-0.3, -0.25) is 9.69 Å². The number of benzene rings is 1. The average molecular weight is 353 g/mol.